The van der Waals surface area contributed by atoms with Crippen LogP contribution in [-0.2, 0) is 0 Å². The van der Waals surface area contributed by atoms with Crippen molar-refractivity contribution in [2.75, 3.05) is 46.8 Å². The number of hydrogen-bond acceptors (Lipinski definition) is 3. The lowest BCUT2D eigenvalue weighted by Crippen LogP contribution is -2.36. The van der Waals surface area contributed by atoms with E-state index >= 15 is 0 Å². The van der Waals surface area contributed by atoms with E-state index in [9.17, 15) is 0 Å². The summed E-state index contributed by atoms with van der Waals surface area (Å²) < 4.78 is 0. The lowest BCUT2D eigenvalue weighted by atomic mass is 10.1. The maximum Gasteiger partial charge on any atom is 0.0104 e. The number of likely N-dealkylation sites (N-methyl/N-ethyl adjacent to an activating group) is 1. The summed E-state index contributed by atoms with van der Waals surface area (Å²) in [6.45, 7) is 8.19. The molecule has 1 aliphatic heterocycles. The van der Waals surface area contributed by atoms with Gasteiger partial charge in [-0.1, -0.05) is 6.92 Å². The van der Waals surface area contributed by atoms with Gasteiger partial charge in [0.25, 0.3) is 0 Å². The van der Waals surface area contributed by atoms with Crippen molar-refractivity contribution in [2.45, 2.75) is 32.2 Å². The maximum atomic E-state index is 3.68. The van der Waals surface area contributed by atoms with Crippen molar-refractivity contribution in [3.63, 3.8) is 0 Å². The molecular formula is C12H27N3. The summed E-state index contributed by atoms with van der Waals surface area (Å²) in [6.07, 6.45) is 4.00. The molecule has 1 fully saturated rings. The zero-order valence-corrected chi connectivity index (χ0v) is 10.6. The van der Waals surface area contributed by atoms with E-state index in [0.29, 0.717) is 0 Å². The third-order valence-electron chi connectivity index (χ3n) is 3.42. The first-order valence-electron chi connectivity index (χ1n) is 6.33. The van der Waals surface area contributed by atoms with Gasteiger partial charge in [0, 0.05) is 19.1 Å². The highest BCUT2D eigenvalue weighted by Crippen LogP contribution is 2.08. The summed E-state index contributed by atoms with van der Waals surface area (Å²) in [7, 11) is 4.41. The zero-order valence-electron chi connectivity index (χ0n) is 10.6. The fraction of sp³-hybridized carbons (Fsp3) is 1.00. The molecule has 90 valence electrons. The van der Waals surface area contributed by atoms with Crippen LogP contribution in [-0.4, -0.2) is 62.7 Å². The molecule has 1 unspecified atom stereocenters. The molecule has 15 heavy (non-hydrogen) atoms. The minimum absolute atomic E-state index is 0.750. The summed E-state index contributed by atoms with van der Waals surface area (Å²) in [6, 6.07) is 0.750. The smallest absolute Gasteiger partial charge is 0.0104 e. The van der Waals surface area contributed by atoms with Gasteiger partial charge in [-0.3, -0.25) is 0 Å². The molecule has 3 heteroatoms. The van der Waals surface area contributed by atoms with E-state index in [2.05, 4.69) is 36.1 Å². The summed E-state index contributed by atoms with van der Waals surface area (Å²) in [5.41, 5.74) is 0. The molecule has 3 nitrogen and oxygen atoms in total. The van der Waals surface area contributed by atoms with Gasteiger partial charge in [0.05, 0.1) is 0 Å². The second kappa shape index (κ2) is 7.20. The predicted molar refractivity (Wildman–Crippen MR) is 66.3 cm³/mol. The van der Waals surface area contributed by atoms with Gasteiger partial charge in [-0.2, -0.15) is 0 Å². The highest BCUT2D eigenvalue weighted by molar-refractivity contribution is 4.73. The molecule has 1 aliphatic rings. The van der Waals surface area contributed by atoms with Gasteiger partial charge in [0.2, 0.25) is 0 Å². The number of rotatable bonds is 5. The van der Waals surface area contributed by atoms with Crippen molar-refractivity contribution in [3.8, 4) is 0 Å². The monoisotopic (exact) mass is 213 g/mol. The minimum atomic E-state index is 0.750. The van der Waals surface area contributed by atoms with Crippen LogP contribution in [0.4, 0.5) is 0 Å². The molecule has 1 heterocycles. The van der Waals surface area contributed by atoms with Gasteiger partial charge in [-0.15, -0.1) is 0 Å². The Morgan fingerprint density at radius 1 is 1.33 bits per heavy atom. The van der Waals surface area contributed by atoms with Crippen LogP contribution in [0.5, 0.6) is 0 Å². The van der Waals surface area contributed by atoms with Crippen molar-refractivity contribution in [1.82, 2.24) is 15.1 Å². The molecule has 0 radical (unpaired) electrons. The van der Waals surface area contributed by atoms with Crippen molar-refractivity contribution < 1.29 is 0 Å². The van der Waals surface area contributed by atoms with E-state index in [4.69, 9.17) is 0 Å². The Labute approximate surface area is 94.8 Å². The van der Waals surface area contributed by atoms with Crippen LogP contribution in [0.15, 0.2) is 0 Å². The number of hydrogen-bond donors (Lipinski definition) is 1. The second-order valence-corrected chi connectivity index (χ2v) is 4.78. The summed E-state index contributed by atoms with van der Waals surface area (Å²) in [4.78, 5) is 4.80. The minimum Gasteiger partial charge on any atom is -0.313 e. The van der Waals surface area contributed by atoms with E-state index in [1.807, 2.05) is 0 Å². The SMILES string of the molecule is CCN(C)CCNC1CCCN(C)CC1. The molecule has 0 spiro atoms. The summed E-state index contributed by atoms with van der Waals surface area (Å²) in [5.74, 6) is 0. The Hall–Kier alpha value is -0.120. The third kappa shape index (κ3) is 5.50. The van der Waals surface area contributed by atoms with Crippen LogP contribution in [0.2, 0.25) is 0 Å². The molecule has 1 rings (SSSR count). The second-order valence-electron chi connectivity index (χ2n) is 4.78. The summed E-state index contributed by atoms with van der Waals surface area (Å²) >= 11 is 0. The molecule has 0 aromatic carbocycles. The van der Waals surface area contributed by atoms with Crippen LogP contribution < -0.4 is 5.32 Å². The third-order valence-corrected chi connectivity index (χ3v) is 3.42. The van der Waals surface area contributed by atoms with Gasteiger partial charge >= 0.3 is 0 Å². The average Bonchev–Trinajstić information content (AvgIpc) is 2.43. The Morgan fingerprint density at radius 2 is 2.13 bits per heavy atom. The van der Waals surface area contributed by atoms with Gasteiger partial charge < -0.3 is 15.1 Å². The van der Waals surface area contributed by atoms with Crippen molar-refractivity contribution in [1.29, 1.82) is 0 Å². The average molecular weight is 213 g/mol. The maximum absolute atomic E-state index is 3.68. The first-order chi connectivity index (χ1) is 7.22. The largest absolute Gasteiger partial charge is 0.313 e. The van der Waals surface area contributed by atoms with Crippen LogP contribution in [0.1, 0.15) is 26.2 Å². The molecular weight excluding hydrogens is 186 g/mol. The van der Waals surface area contributed by atoms with E-state index in [-0.39, 0.29) is 0 Å². The topological polar surface area (TPSA) is 18.5 Å². The van der Waals surface area contributed by atoms with E-state index in [1.165, 1.54) is 38.9 Å². The molecule has 1 N–H and O–H groups in total. The Bertz CT molecular complexity index is 161. The van der Waals surface area contributed by atoms with Crippen molar-refractivity contribution in [2.24, 2.45) is 0 Å². The quantitative estimate of drug-likeness (QED) is 0.735. The fourth-order valence-electron chi connectivity index (χ4n) is 2.06. The van der Waals surface area contributed by atoms with Gasteiger partial charge in [0.15, 0.2) is 0 Å². The molecule has 1 atom stereocenters. The van der Waals surface area contributed by atoms with E-state index in [1.54, 1.807) is 0 Å². The van der Waals surface area contributed by atoms with Crippen molar-refractivity contribution in [3.05, 3.63) is 0 Å². The Morgan fingerprint density at radius 3 is 2.87 bits per heavy atom. The first kappa shape index (κ1) is 12.9. The Balaban J connectivity index is 2.10. The molecule has 1 saturated heterocycles. The first-order valence-corrected chi connectivity index (χ1v) is 6.33. The van der Waals surface area contributed by atoms with Crippen LogP contribution in [0.3, 0.4) is 0 Å². The van der Waals surface area contributed by atoms with Crippen LogP contribution in [0, 0.1) is 0 Å². The molecule has 0 aromatic heterocycles. The Kier molecular flexibility index (Phi) is 6.22. The lowest BCUT2D eigenvalue weighted by Gasteiger charge is -2.19. The number of nitrogens with one attached hydrogen (secondary N) is 1. The summed E-state index contributed by atoms with van der Waals surface area (Å²) in [5, 5.41) is 3.68. The molecule has 0 amide bonds. The predicted octanol–water partition coefficient (Wildman–Crippen LogP) is 1.01. The van der Waals surface area contributed by atoms with Gasteiger partial charge in [0.1, 0.15) is 0 Å². The fourth-order valence-corrected chi connectivity index (χ4v) is 2.06. The van der Waals surface area contributed by atoms with E-state index < -0.39 is 0 Å². The van der Waals surface area contributed by atoms with Crippen LogP contribution in [0.25, 0.3) is 0 Å². The molecule has 0 aromatic rings. The van der Waals surface area contributed by atoms with Crippen molar-refractivity contribution >= 4 is 0 Å². The zero-order chi connectivity index (χ0) is 11.1. The van der Waals surface area contributed by atoms with Gasteiger partial charge in [-0.25, -0.2) is 0 Å². The lowest BCUT2D eigenvalue weighted by molar-refractivity contribution is 0.326. The number of nitrogens with zero attached hydrogens (tertiary/aromatic N) is 2. The molecule has 0 bridgehead atoms. The molecule has 0 aliphatic carbocycles. The van der Waals surface area contributed by atoms with Crippen LogP contribution >= 0.6 is 0 Å². The van der Waals surface area contributed by atoms with Gasteiger partial charge in [-0.05, 0) is 53.0 Å². The normalized spacial score (nSPS) is 24.4. The standard InChI is InChI=1S/C12H27N3/c1-4-14(2)11-8-13-12-6-5-9-15(3)10-7-12/h12-13H,4-11H2,1-3H3. The highest BCUT2D eigenvalue weighted by Gasteiger charge is 2.13. The number of likely N-dealkylation sites (tertiary alicyclic amines) is 1. The van der Waals surface area contributed by atoms with E-state index in [0.717, 1.165) is 19.1 Å². The highest BCUT2D eigenvalue weighted by atomic mass is 15.1. The molecule has 0 saturated carbocycles.